The van der Waals surface area contributed by atoms with Crippen LogP contribution in [0.1, 0.15) is 31.0 Å². The van der Waals surface area contributed by atoms with Crippen molar-refractivity contribution in [3.05, 3.63) is 29.3 Å². The Morgan fingerprint density at radius 1 is 1.47 bits per heavy atom. The molecule has 0 aliphatic rings. The van der Waals surface area contributed by atoms with Crippen LogP contribution >= 0.6 is 0 Å². The van der Waals surface area contributed by atoms with E-state index in [-0.39, 0.29) is 18.6 Å². The second kappa shape index (κ2) is 6.25. The van der Waals surface area contributed by atoms with Gasteiger partial charge < -0.3 is 15.2 Å². The largest absolute Gasteiger partial charge is 0.482 e. The molecule has 0 saturated carbocycles. The quantitative estimate of drug-likeness (QED) is 0.795. The number of ether oxygens (including phenoxy) is 2. The number of benzene rings is 1. The number of hydrogen-bond acceptors (Lipinski definition) is 4. The molecule has 1 unspecified atom stereocenters. The van der Waals surface area contributed by atoms with Crippen molar-refractivity contribution in [2.24, 2.45) is 5.73 Å². The number of carbonyl (C=O) groups excluding carboxylic acids is 1. The average Bonchev–Trinajstić information content (AvgIpc) is 2.27. The van der Waals surface area contributed by atoms with Gasteiger partial charge in [-0.1, -0.05) is 17.7 Å². The van der Waals surface area contributed by atoms with Crippen molar-refractivity contribution in [2.75, 3.05) is 13.2 Å². The number of rotatable bonds is 5. The Labute approximate surface area is 102 Å². The summed E-state index contributed by atoms with van der Waals surface area (Å²) in [4.78, 5) is 11.2. The summed E-state index contributed by atoms with van der Waals surface area (Å²) in [6.07, 6.45) is 0. The fourth-order valence-corrected chi connectivity index (χ4v) is 1.49. The number of hydrogen-bond donors (Lipinski definition) is 1. The minimum Gasteiger partial charge on any atom is -0.482 e. The molecule has 1 atom stereocenters. The van der Waals surface area contributed by atoms with Crippen LogP contribution in [0.25, 0.3) is 0 Å². The lowest BCUT2D eigenvalue weighted by Crippen LogP contribution is -2.16. The van der Waals surface area contributed by atoms with Gasteiger partial charge in [-0.15, -0.1) is 0 Å². The zero-order valence-electron chi connectivity index (χ0n) is 10.5. The zero-order valence-corrected chi connectivity index (χ0v) is 10.5. The first-order valence-corrected chi connectivity index (χ1v) is 5.69. The molecule has 1 rings (SSSR count). The van der Waals surface area contributed by atoms with Gasteiger partial charge in [0, 0.05) is 11.6 Å². The van der Waals surface area contributed by atoms with Gasteiger partial charge in [0.2, 0.25) is 0 Å². The molecule has 0 fully saturated rings. The number of esters is 1. The van der Waals surface area contributed by atoms with Gasteiger partial charge in [0.15, 0.2) is 6.61 Å². The molecule has 0 aromatic heterocycles. The number of nitrogens with two attached hydrogens (primary N) is 1. The summed E-state index contributed by atoms with van der Waals surface area (Å²) >= 11 is 0. The van der Waals surface area contributed by atoms with E-state index in [4.69, 9.17) is 15.2 Å². The van der Waals surface area contributed by atoms with E-state index in [1.54, 1.807) is 6.92 Å². The first kappa shape index (κ1) is 13.5. The zero-order chi connectivity index (χ0) is 12.8. The second-order valence-electron chi connectivity index (χ2n) is 3.92. The van der Waals surface area contributed by atoms with Crippen LogP contribution in [0.3, 0.4) is 0 Å². The summed E-state index contributed by atoms with van der Waals surface area (Å²) in [5, 5.41) is 0. The minimum absolute atomic E-state index is 0.0867. The molecule has 94 valence electrons. The van der Waals surface area contributed by atoms with E-state index >= 15 is 0 Å². The molecule has 0 spiro atoms. The maximum atomic E-state index is 11.2. The molecular weight excluding hydrogens is 218 g/mol. The molecule has 0 saturated heterocycles. The SMILES string of the molecule is CCOC(=O)COc1ccc(C)cc1C(C)N. The van der Waals surface area contributed by atoms with Crippen molar-refractivity contribution in [3.8, 4) is 5.75 Å². The van der Waals surface area contributed by atoms with Crippen LogP contribution < -0.4 is 10.5 Å². The van der Waals surface area contributed by atoms with Gasteiger partial charge in [0.1, 0.15) is 5.75 Å². The highest BCUT2D eigenvalue weighted by Crippen LogP contribution is 2.24. The van der Waals surface area contributed by atoms with Gasteiger partial charge >= 0.3 is 5.97 Å². The molecule has 4 heteroatoms. The molecule has 4 nitrogen and oxygen atoms in total. The molecule has 0 bridgehead atoms. The van der Waals surface area contributed by atoms with Gasteiger partial charge in [-0.2, -0.15) is 0 Å². The predicted molar refractivity (Wildman–Crippen MR) is 65.9 cm³/mol. The monoisotopic (exact) mass is 237 g/mol. The predicted octanol–water partition coefficient (Wildman–Crippen LogP) is 1.96. The molecule has 2 N–H and O–H groups in total. The first-order chi connectivity index (χ1) is 8.04. The van der Waals surface area contributed by atoms with E-state index in [1.165, 1.54) is 0 Å². The third-order valence-corrected chi connectivity index (χ3v) is 2.31. The topological polar surface area (TPSA) is 61.5 Å². The summed E-state index contributed by atoms with van der Waals surface area (Å²) in [5.41, 5.74) is 7.86. The normalized spacial score (nSPS) is 12.0. The standard InChI is InChI=1S/C13H19NO3/c1-4-16-13(15)8-17-12-6-5-9(2)7-11(12)10(3)14/h5-7,10H,4,8,14H2,1-3H3. The Kier molecular flexibility index (Phi) is 4.97. The Bertz CT molecular complexity index is 388. The van der Waals surface area contributed by atoms with E-state index in [1.807, 2.05) is 32.0 Å². The number of aryl methyl sites for hydroxylation is 1. The smallest absolute Gasteiger partial charge is 0.344 e. The maximum Gasteiger partial charge on any atom is 0.344 e. The Morgan fingerprint density at radius 3 is 2.76 bits per heavy atom. The summed E-state index contributed by atoms with van der Waals surface area (Å²) in [6, 6.07) is 5.58. The van der Waals surface area contributed by atoms with Crippen LogP contribution in [-0.2, 0) is 9.53 Å². The third-order valence-electron chi connectivity index (χ3n) is 2.31. The molecule has 0 amide bonds. The second-order valence-corrected chi connectivity index (χ2v) is 3.92. The van der Waals surface area contributed by atoms with Gasteiger partial charge in [0.25, 0.3) is 0 Å². The summed E-state index contributed by atoms with van der Waals surface area (Å²) in [5.74, 6) is 0.266. The van der Waals surface area contributed by atoms with Crippen LogP contribution in [0.4, 0.5) is 0 Å². The highest BCUT2D eigenvalue weighted by atomic mass is 16.6. The molecule has 0 aliphatic heterocycles. The fraction of sp³-hybridized carbons (Fsp3) is 0.462. The van der Waals surface area contributed by atoms with E-state index in [9.17, 15) is 4.79 Å². The van der Waals surface area contributed by atoms with Crippen LogP contribution in [0.15, 0.2) is 18.2 Å². The van der Waals surface area contributed by atoms with Crippen LogP contribution in [0.5, 0.6) is 5.75 Å². The van der Waals surface area contributed by atoms with E-state index < -0.39 is 0 Å². The van der Waals surface area contributed by atoms with Gasteiger partial charge in [-0.25, -0.2) is 4.79 Å². The Balaban J connectivity index is 2.73. The highest BCUT2D eigenvalue weighted by Gasteiger charge is 2.10. The third kappa shape index (κ3) is 4.07. The van der Waals surface area contributed by atoms with Crippen LogP contribution in [0, 0.1) is 6.92 Å². The molecule has 0 aliphatic carbocycles. The Hall–Kier alpha value is -1.55. The first-order valence-electron chi connectivity index (χ1n) is 5.69. The molecule has 0 heterocycles. The van der Waals surface area contributed by atoms with E-state index in [0.717, 1.165) is 11.1 Å². The molecule has 0 radical (unpaired) electrons. The average molecular weight is 237 g/mol. The van der Waals surface area contributed by atoms with E-state index in [2.05, 4.69) is 0 Å². The van der Waals surface area contributed by atoms with Gasteiger partial charge in [-0.3, -0.25) is 0 Å². The fourth-order valence-electron chi connectivity index (χ4n) is 1.49. The lowest BCUT2D eigenvalue weighted by molar-refractivity contribution is -0.145. The van der Waals surface area contributed by atoms with E-state index in [0.29, 0.717) is 12.4 Å². The highest BCUT2D eigenvalue weighted by molar-refractivity contribution is 5.71. The van der Waals surface area contributed by atoms with Crippen molar-refractivity contribution >= 4 is 5.97 Å². The van der Waals surface area contributed by atoms with Gasteiger partial charge in [0.05, 0.1) is 6.61 Å². The van der Waals surface area contributed by atoms with Crippen LogP contribution in [-0.4, -0.2) is 19.2 Å². The number of carbonyl (C=O) groups is 1. The van der Waals surface area contributed by atoms with Crippen molar-refractivity contribution < 1.29 is 14.3 Å². The Morgan fingerprint density at radius 2 is 2.18 bits per heavy atom. The maximum absolute atomic E-state index is 11.2. The summed E-state index contributed by atoms with van der Waals surface area (Å²) < 4.78 is 10.2. The van der Waals surface area contributed by atoms with Crippen molar-refractivity contribution in [3.63, 3.8) is 0 Å². The minimum atomic E-state index is -0.372. The summed E-state index contributed by atoms with van der Waals surface area (Å²) in [6.45, 7) is 5.90. The summed E-state index contributed by atoms with van der Waals surface area (Å²) in [7, 11) is 0. The molecule has 1 aromatic rings. The van der Waals surface area contributed by atoms with Crippen molar-refractivity contribution in [1.29, 1.82) is 0 Å². The van der Waals surface area contributed by atoms with Crippen molar-refractivity contribution in [2.45, 2.75) is 26.8 Å². The van der Waals surface area contributed by atoms with Crippen molar-refractivity contribution in [1.82, 2.24) is 0 Å². The molecule has 1 aromatic carbocycles. The van der Waals surface area contributed by atoms with Gasteiger partial charge in [-0.05, 0) is 26.8 Å². The lowest BCUT2D eigenvalue weighted by atomic mass is 10.1. The molecular formula is C13H19NO3. The molecule has 17 heavy (non-hydrogen) atoms. The lowest BCUT2D eigenvalue weighted by Gasteiger charge is -2.14. The van der Waals surface area contributed by atoms with Crippen LogP contribution in [0.2, 0.25) is 0 Å².